The molecule has 1 fully saturated rings. The first-order chi connectivity index (χ1) is 10.0. The maximum absolute atomic E-state index is 12.6. The fourth-order valence-corrected chi connectivity index (χ4v) is 3.47. The van der Waals surface area contributed by atoms with Crippen molar-refractivity contribution in [2.24, 2.45) is 22.4 Å². The van der Waals surface area contributed by atoms with Gasteiger partial charge in [-0.3, -0.25) is 4.79 Å². The Labute approximate surface area is 135 Å². The number of hydrogen-bond donors (Lipinski definition) is 2. The first-order valence-electron chi connectivity index (χ1n) is 8.16. The maximum atomic E-state index is 12.6. The van der Waals surface area contributed by atoms with E-state index in [1.165, 1.54) is 0 Å². The predicted molar refractivity (Wildman–Crippen MR) is 90.3 cm³/mol. The molecule has 0 spiro atoms. The lowest BCUT2D eigenvalue weighted by molar-refractivity contribution is -0.139. The number of hydrogen-bond acceptors (Lipinski definition) is 4. The van der Waals surface area contributed by atoms with Crippen molar-refractivity contribution < 1.29 is 10.0 Å². The molecule has 1 rings (SSSR count). The number of nitrogens with one attached hydrogen (secondary N) is 1. The van der Waals surface area contributed by atoms with Gasteiger partial charge in [0, 0.05) is 17.4 Å². The second kappa shape index (κ2) is 6.99. The third-order valence-electron chi connectivity index (χ3n) is 5.11. The van der Waals surface area contributed by atoms with Crippen LogP contribution >= 0.6 is 0 Å². The normalized spacial score (nSPS) is 25.0. The van der Waals surface area contributed by atoms with Crippen molar-refractivity contribution in [3.63, 3.8) is 0 Å². The fraction of sp³-hybridized carbons (Fsp3) is 0.882. The largest absolute Gasteiger partial charge is 0.411 e. The van der Waals surface area contributed by atoms with E-state index < -0.39 is 0 Å². The highest BCUT2D eigenvalue weighted by molar-refractivity contribution is 5.90. The van der Waals surface area contributed by atoms with E-state index in [1.807, 2.05) is 6.92 Å². The van der Waals surface area contributed by atoms with Gasteiger partial charge in [0.05, 0.1) is 5.71 Å². The lowest BCUT2D eigenvalue weighted by atomic mass is 9.53. The third kappa shape index (κ3) is 4.45. The first-order valence-corrected chi connectivity index (χ1v) is 8.16. The van der Waals surface area contributed by atoms with Crippen LogP contribution in [0.4, 0.5) is 0 Å². The van der Waals surface area contributed by atoms with Crippen LogP contribution in [0.3, 0.4) is 0 Å². The monoisotopic (exact) mass is 311 g/mol. The number of carbonyl (C=O) groups excluding carboxylic acids is 1. The summed E-state index contributed by atoms with van der Waals surface area (Å²) in [7, 11) is 4.13. The smallest absolute Gasteiger partial charge is 0.224 e. The Balaban J connectivity index is 2.56. The van der Waals surface area contributed by atoms with Gasteiger partial charge in [0.1, 0.15) is 0 Å². The molecule has 2 atom stereocenters. The van der Waals surface area contributed by atoms with Crippen molar-refractivity contribution in [2.45, 2.75) is 59.4 Å². The van der Waals surface area contributed by atoms with Crippen LogP contribution in [-0.2, 0) is 4.79 Å². The average Bonchev–Trinajstić information content (AvgIpc) is 2.35. The second-order valence-corrected chi connectivity index (χ2v) is 8.18. The van der Waals surface area contributed by atoms with Gasteiger partial charge in [-0.15, -0.1) is 0 Å². The van der Waals surface area contributed by atoms with Gasteiger partial charge in [-0.05, 0) is 66.1 Å². The summed E-state index contributed by atoms with van der Waals surface area (Å²) in [5, 5.41) is 15.5. The van der Waals surface area contributed by atoms with Crippen molar-refractivity contribution in [1.82, 2.24) is 10.2 Å². The van der Waals surface area contributed by atoms with E-state index in [0.717, 1.165) is 31.5 Å². The minimum atomic E-state index is -0.186. The highest BCUT2D eigenvalue weighted by Crippen LogP contribution is 2.52. The summed E-state index contributed by atoms with van der Waals surface area (Å²) in [6.45, 7) is 11.2. The first kappa shape index (κ1) is 18.9. The molecule has 0 bridgehead atoms. The Bertz CT molecular complexity index is 428. The van der Waals surface area contributed by atoms with E-state index in [-0.39, 0.29) is 28.7 Å². The Morgan fingerprint density at radius 1 is 1.36 bits per heavy atom. The summed E-state index contributed by atoms with van der Waals surface area (Å²) in [4.78, 5) is 14.7. The van der Waals surface area contributed by atoms with Crippen molar-refractivity contribution in [3.8, 4) is 0 Å². The van der Waals surface area contributed by atoms with Gasteiger partial charge >= 0.3 is 0 Å². The summed E-state index contributed by atoms with van der Waals surface area (Å²) >= 11 is 0. The van der Waals surface area contributed by atoms with E-state index in [4.69, 9.17) is 5.21 Å². The molecule has 0 aromatic rings. The van der Waals surface area contributed by atoms with Crippen molar-refractivity contribution in [2.75, 3.05) is 20.6 Å². The molecule has 0 heterocycles. The zero-order valence-electron chi connectivity index (χ0n) is 15.2. The molecule has 2 unspecified atom stereocenters. The molecular formula is C17H33N3O2. The van der Waals surface area contributed by atoms with Crippen LogP contribution in [0.25, 0.3) is 0 Å². The lowest BCUT2D eigenvalue weighted by Crippen LogP contribution is -2.57. The molecule has 0 aromatic heterocycles. The van der Waals surface area contributed by atoms with E-state index >= 15 is 0 Å². The van der Waals surface area contributed by atoms with Crippen LogP contribution in [-0.4, -0.2) is 47.9 Å². The standard InChI is InChI=1S/C17H33N3O2/c1-12(19-22)13-11-14(17(13,4)5)15(21)18-16(2,3)9-8-10-20(6)7/h13-14,22H,8-11H2,1-7H3,(H,18,21). The van der Waals surface area contributed by atoms with Crippen molar-refractivity contribution in [3.05, 3.63) is 0 Å². The van der Waals surface area contributed by atoms with Gasteiger partial charge in [0.25, 0.3) is 0 Å². The molecule has 1 amide bonds. The van der Waals surface area contributed by atoms with Crippen LogP contribution < -0.4 is 5.32 Å². The van der Waals surface area contributed by atoms with Gasteiger partial charge in [0.2, 0.25) is 5.91 Å². The molecule has 1 aliphatic rings. The summed E-state index contributed by atoms with van der Waals surface area (Å²) in [6.07, 6.45) is 2.79. The number of nitrogens with zero attached hydrogens (tertiary/aromatic N) is 2. The van der Waals surface area contributed by atoms with Gasteiger partial charge < -0.3 is 15.4 Å². The molecule has 0 radical (unpaired) electrons. The van der Waals surface area contributed by atoms with Gasteiger partial charge in [0.15, 0.2) is 0 Å². The molecule has 0 aliphatic heterocycles. The van der Waals surface area contributed by atoms with E-state index in [0.29, 0.717) is 0 Å². The van der Waals surface area contributed by atoms with Gasteiger partial charge in [-0.1, -0.05) is 19.0 Å². The highest BCUT2D eigenvalue weighted by Gasteiger charge is 2.53. The van der Waals surface area contributed by atoms with Crippen molar-refractivity contribution >= 4 is 11.6 Å². The molecule has 128 valence electrons. The zero-order chi connectivity index (χ0) is 17.1. The van der Waals surface area contributed by atoms with Crippen LogP contribution in [0.2, 0.25) is 0 Å². The van der Waals surface area contributed by atoms with Crippen LogP contribution in [0.1, 0.15) is 53.9 Å². The molecule has 1 aliphatic carbocycles. The maximum Gasteiger partial charge on any atom is 0.224 e. The summed E-state index contributed by atoms with van der Waals surface area (Å²) in [5.74, 6) is 0.300. The summed E-state index contributed by atoms with van der Waals surface area (Å²) in [6, 6.07) is 0. The number of oxime groups is 1. The fourth-order valence-electron chi connectivity index (χ4n) is 3.47. The minimum absolute atomic E-state index is 0.0117. The highest BCUT2D eigenvalue weighted by atomic mass is 16.4. The molecule has 22 heavy (non-hydrogen) atoms. The van der Waals surface area contributed by atoms with E-state index in [1.54, 1.807) is 0 Å². The third-order valence-corrected chi connectivity index (χ3v) is 5.11. The van der Waals surface area contributed by atoms with Crippen LogP contribution in [0.15, 0.2) is 5.16 Å². The molecule has 5 nitrogen and oxygen atoms in total. The zero-order valence-corrected chi connectivity index (χ0v) is 15.2. The Kier molecular flexibility index (Phi) is 6.02. The topological polar surface area (TPSA) is 64.9 Å². The molecule has 1 saturated carbocycles. The van der Waals surface area contributed by atoms with Gasteiger partial charge in [-0.25, -0.2) is 0 Å². The summed E-state index contributed by atoms with van der Waals surface area (Å²) < 4.78 is 0. The van der Waals surface area contributed by atoms with Gasteiger partial charge in [-0.2, -0.15) is 0 Å². The quantitative estimate of drug-likeness (QED) is 0.432. The van der Waals surface area contributed by atoms with E-state index in [9.17, 15) is 4.79 Å². The molecule has 5 heteroatoms. The van der Waals surface area contributed by atoms with Crippen LogP contribution in [0.5, 0.6) is 0 Å². The molecule has 0 aromatic carbocycles. The SMILES string of the molecule is CC(=NO)C1CC(C(=O)NC(C)(C)CCCN(C)C)C1(C)C. The number of amides is 1. The summed E-state index contributed by atoms with van der Waals surface area (Å²) in [5.41, 5.74) is 0.383. The Morgan fingerprint density at radius 3 is 2.41 bits per heavy atom. The molecule has 0 saturated heterocycles. The minimum Gasteiger partial charge on any atom is -0.411 e. The second-order valence-electron chi connectivity index (χ2n) is 8.18. The molecule has 2 N–H and O–H groups in total. The number of carbonyl (C=O) groups is 1. The average molecular weight is 311 g/mol. The number of rotatable bonds is 7. The predicted octanol–water partition coefficient (Wildman–Crippen LogP) is 2.74. The lowest BCUT2D eigenvalue weighted by Gasteiger charge is -2.51. The van der Waals surface area contributed by atoms with E-state index in [2.05, 4.69) is 57.2 Å². The van der Waals surface area contributed by atoms with Crippen molar-refractivity contribution in [1.29, 1.82) is 0 Å². The molecular weight excluding hydrogens is 278 g/mol. The van der Waals surface area contributed by atoms with Crippen LogP contribution in [0, 0.1) is 17.3 Å². The Morgan fingerprint density at radius 2 is 1.95 bits per heavy atom. The Hall–Kier alpha value is -1.10.